The van der Waals surface area contributed by atoms with Crippen LogP contribution < -0.4 is 0 Å². The molecule has 0 aromatic heterocycles. The van der Waals surface area contributed by atoms with Crippen molar-refractivity contribution in [2.24, 2.45) is 0 Å². The molecule has 48 valence electrons. The van der Waals surface area contributed by atoms with Crippen LogP contribution in [0.25, 0.3) is 0 Å². The van der Waals surface area contributed by atoms with Gasteiger partial charge >= 0.3 is 6.16 Å². The molecule has 0 saturated heterocycles. The molecule has 0 rings (SSSR count). The van der Waals surface area contributed by atoms with Gasteiger partial charge in [0.05, 0.1) is 6.61 Å². The average Bonchev–Trinajstić information content (AvgIpc) is 1.66. The first-order valence-electron chi connectivity index (χ1n) is 1.90. The Bertz CT molecular complexity index is 70.1. The van der Waals surface area contributed by atoms with Gasteiger partial charge in [0.1, 0.15) is 6.61 Å². The highest BCUT2D eigenvalue weighted by atomic mass is 17.2. The van der Waals surface area contributed by atoms with Gasteiger partial charge in [0.15, 0.2) is 0 Å². The van der Waals surface area contributed by atoms with E-state index in [4.69, 9.17) is 10.2 Å². The van der Waals surface area contributed by atoms with Gasteiger partial charge in [-0.1, -0.05) is 0 Å². The van der Waals surface area contributed by atoms with Gasteiger partial charge in [-0.15, -0.1) is 0 Å². The Morgan fingerprint density at radius 2 is 2.25 bits per heavy atom. The summed E-state index contributed by atoms with van der Waals surface area (Å²) in [4.78, 5) is 16.9. The van der Waals surface area contributed by atoms with Gasteiger partial charge in [0, 0.05) is 0 Å². The van der Waals surface area contributed by atoms with Crippen molar-refractivity contribution in [3.8, 4) is 0 Å². The lowest BCUT2D eigenvalue weighted by molar-refractivity contribution is -0.254. The number of hydrogen-bond acceptors (Lipinski definition) is 4. The summed E-state index contributed by atoms with van der Waals surface area (Å²) in [6, 6.07) is 0. The first kappa shape index (κ1) is 7.19. The second-order valence-electron chi connectivity index (χ2n) is 0.895. The van der Waals surface area contributed by atoms with Crippen LogP contribution in [0.4, 0.5) is 4.79 Å². The topological polar surface area (TPSA) is 76.0 Å². The molecule has 8 heavy (non-hydrogen) atoms. The number of rotatable bonds is 3. The molecule has 0 aromatic carbocycles. The molecule has 0 spiro atoms. The van der Waals surface area contributed by atoms with Crippen molar-refractivity contribution in [3.05, 3.63) is 0 Å². The molecule has 2 N–H and O–H groups in total. The van der Waals surface area contributed by atoms with E-state index in [-0.39, 0.29) is 13.2 Å². The van der Waals surface area contributed by atoms with Crippen molar-refractivity contribution in [2.45, 2.75) is 0 Å². The third kappa shape index (κ3) is 5.19. The SMILES string of the molecule is O=C(O)OOCCO. The molecule has 5 heteroatoms. The van der Waals surface area contributed by atoms with Gasteiger partial charge in [-0.05, 0) is 0 Å². The smallest absolute Gasteiger partial charge is 0.448 e. The summed E-state index contributed by atoms with van der Waals surface area (Å²) >= 11 is 0. The number of aliphatic hydroxyl groups is 1. The predicted molar refractivity (Wildman–Crippen MR) is 22.1 cm³/mol. The molecule has 0 atom stereocenters. The summed E-state index contributed by atoms with van der Waals surface area (Å²) in [6.07, 6.45) is -1.52. The minimum absolute atomic E-state index is 0.133. The molecule has 0 aliphatic carbocycles. The van der Waals surface area contributed by atoms with Gasteiger partial charge in [0.2, 0.25) is 0 Å². The maximum atomic E-state index is 9.45. The van der Waals surface area contributed by atoms with Crippen LogP contribution in [0, 0.1) is 0 Å². The molecule has 0 aliphatic rings. The van der Waals surface area contributed by atoms with Crippen LogP contribution in [0.3, 0.4) is 0 Å². The second-order valence-corrected chi connectivity index (χ2v) is 0.895. The Balaban J connectivity index is 2.82. The summed E-state index contributed by atoms with van der Waals surface area (Å²) in [7, 11) is 0. The zero-order chi connectivity index (χ0) is 6.41. The third-order valence-electron chi connectivity index (χ3n) is 0.305. The number of hydrogen-bond donors (Lipinski definition) is 2. The molecular formula is C3H6O5. The molecule has 0 saturated carbocycles. The van der Waals surface area contributed by atoms with E-state index in [1.165, 1.54) is 0 Å². The van der Waals surface area contributed by atoms with Gasteiger partial charge in [-0.3, -0.25) is 4.89 Å². The van der Waals surface area contributed by atoms with Crippen molar-refractivity contribution < 1.29 is 24.8 Å². The normalized spacial score (nSPS) is 8.62. The standard InChI is InChI=1S/C3H6O5/c4-1-2-7-8-3(5)6/h4H,1-2H2,(H,5,6). The van der Waals surface area contributed by atoms with E-state index in [0.717, 1.165) is 0 Å². The Morgan fingerprint density at radius 1 is 1.62 bits per heavy atom. The first-order valence-corrected chi connectivity index (χ1v) is 1.90. The van der Waals surface area contributed by atoms with E-state index in [0.29, 0.717) is 0 Å². The van der Waals surface area contributed by atoms with Crippen LogP contribution in [0.2, 0.25) is 0 Å². The van der Waals surface area contributed by atoms with Gasteiger partial charge in [0.25, 0.3) is 0 Å². The maximum absolute atomic E-state index is 9.45. The molecule has 0 heterocycles. The number of aliphatic hydroxyl groups excluding tert-OH is 1. The van der Waals surface area contributed by atoms with E-state index in [9.17, 15) is 4.79 Å². The molecule has 0 amide bonds. The zero-order valence-corrected chi connectivity index (χ0v) is 4.03. The Hall–Kier alpha value is -0.810. The van der Waals surface area contributed by atoms with Crippen LogP contribution >= 0.6 is 0 Å². The summed E-state index contributed by atoms with van der Waals surface area (Å²) in [5.41, 5.74) is 0. The fourth-order valence-electron chi connectivity index (χ4n) is 0.129. The van der Waals surface area contributed by atoms with Gasteiger partial charge in [-0.25, -0.2) is 4.79 Å². The highest BCUT2D eigenvalue weighted by Crippen LogP contribution is 1.76. The van der Waals surface area contributed by atoms with Crippen LogP contribution in [0.15, 0.2) is 0 Å². The maximum Gasteiger partial charge on any atom is 0.537 e. The second kappa shape index (κ2) is 4.35. The minimum Gasteiger partial charge on any atom is -0.448 e. The lowest BCUT2D eigenvalue weighted by Gasteiger charge is -1.93. The quantitative estimate of drug-likeness (QED) is 0.302. The molecule has 0 fully saturated rings. The monoisotopic (exact) mass is 122 g/mol. The molecule has 5 nitrogen and oxygen atoms in total. The van der Waals surface area contributed by atoms with E-state index in [1.54, 1.807) is 0 Å². The largest absolute Gasteiger partial charge is 0.537 e. The Kier molecular flexibility index (Phi) is 3.91. The Morgan fingerprint density at radius 3 is 2.62 bits per heavy atom. The highest BCUT2D eigenvalue weighted by molar-refractivity contribution is 5.55. The third-order valence-corrected chi connectivity index (χ3v) is 0.305. The fraction of sp³-hybridized carbons (Fsp3) is 0.667. The summed E-state index contributed by atoms with van der Waals surface area (Å²) in [5.74, 6) is 0. The fourth-order valence-corrected chi connectivity index (χ4v) is 0.129. The summed E-state index contributed by atoms with van der Waals surface area (Å²) in [6.45, 7) is -0.389. The Labute approximate surface area is 45.4 Å². The van der Waals surface area contributed by atoms with Crippen LogP contribution in [-0.4, -0.2) is 29.6 Å². The van der Waals surface area contributed by atoms with Gasteiger partial charge in [-0.2, -0.15) is 4.89 Å². The molecule has 0 unspecified atom stereocenters. The van der Waals surface area contributed by atoms with Crippen molar-refractivity contribution in [1.82, 2.24) is 0 Å². The summed E-state index contributed by atoms with van der Waals surface area (Å²) in [5, 5.41) is 15.7. The minimum atomic E-state index is -1.52. The zero-order valence-electron chi connectivity index (χ0n) is 4.03. The molecular weight excluding hydrogens is 116 g/mol. The molecule has 0 aromatic rings. The van der Waals surface area contributed by atoms with Crippen LogP contribution in [0.1, 0.15) is 0 Å². The number of carbonyl (C=O) groups is 1. The van der Waals surface area contributed by atoms with Crippen LogP contribution in [0.5, 0.6) is 0 Å². The molecule has 0 aliphatic heterocycles. The molecule has 0 bridgehead atoms. The lowest BCUT2D eigenvalue weighted by atomic mass is 10.8. The van der Waals surface area contributed by atoms with E-state index in [1.807, 2.05) is 0 Å². The van der Waals surface area contributed by atoms with E-state index >= 15 is 0 Å². The van der Waals surface area contributed by atoms with Crippen molar-refractivity contribution in [3.63, 3.8) is 0 Å². The summed E-state index contributed by atoms with van der Waals surface area (Å²) < 4.78 is 0. The average molecular weight is 122 g/mol. The number of carboxylic acid groups (broad SMARTS) is 1. The van der Waals surface area contributed by atoms with E-state index < -0.39 is 6.16 Å². The highest BCUT2D eigenvalue weighted by Gasteiger charge is 1.93. The van der Waals surface area contributed by atoms with Crippen molar-refractivity contribution in [1.29, 1.82) is 0 Å². The van der Waals surface area contributed by atoms with Crippen LogP contribution in [-0.2, 0) is 9.78 Å². The van der Waals surface area contributed by atoms with Crippen molar-refractivity contribution >= 4 is 6.16 Å². The van der Waals surface area contributed by atoms with Gasteiger partial charge < -0.3 is 10.2 Å². The lowest BCUT2D eigenvalue weighted by Crippen LogP contribution is -2.04. The predicted octanol–water partition coefficient (Wildman–Crippen LogP) is -0.395. The van der Waals surface area contributed by atoms with E-state index in [2.05, 4.69) is 9.78 Å². The molecule has 0 radical (unpaired) electrons. The van der Waals surface area contributed by atoms with Crippen molar-refractivity contribution in [2.75, 3.05) is 13.2 Å². The first-order chi connectivity index (χ1) is 3.77.